The molecule has 1 aromatic rings. The summed E-state index contributed by atoms with van der Waals surface area (Å²) < 4.78 is 0. The molecule has 1 amide bonds. The van der Waals surface area contributed by atoms with E-state index >= 15 is 0 Å². The van der Waals surface area contributed by atoms with E-state index in [-0.39, 0.29) is 11.3 Å². The van der Waals surface area contributed by atoms with Gasteiger partial charge in [-0.25, -0.2) is 0 Å². The van der Waals surface area contributed by atoms with Crippen LogP contribution in [0.4, 0.5) is 11.4 Å². The Morgan fingerprint density at radius 3 is 2.76 bits per heavy atom. The molecular weight excluding hydrogens is 292 g/mol. The molecule has 0 spiro atoms. The molecule has 1 saturated heterocycles. The van der Waals surface area contributed by atoms with Crippen molar-refractivity contribution in [3.8, 4) is 0 Å². The molecule has 114 valence electrons. The zero-order valence-corrected chi connectivity index (χ0v) is 12.4. The molecule has 0 saturated carbocycles. The quantitative estimate of drug-likeness (QED) is 0.604. The lowest BCUT2D eigenvalue weighted by Crippen LogP contribution is -2.36. The maximum absolute atomic E-state index is 11.2. The van der Waals surface area contributed by atoms with Crippen molar-refractivity contribution < 1.29 is 9.72 Å². The highest BCUT2D eigenvalue weighted by Gasteiger charge is 2.16. The number of amides is 1. The molecule has 8 heteroatoms. The number of nitrogens with zero attached hydrogens (tertiary/aromatic N) is 2. The van der Waals surface area contributed by atoms with Gasteiger partial charge in [0.1, 0.15) is 5.69 Å². The summed E-state index contributed by atoms with van der Waals surface area (Å²) in [6.45, 7) is 3.48. The van der Waals surface area contributed by atoms with Gasteiger partial charge in [-0.15, -0.1) is 0 Å². The topological polar surface area (TPSA) is 102 Å². The summed E-state index contributed by atoms with van der Waals surface area (Å²) in [4.78, 5) is 24.0. The van der Waals surface area contributed by atoms with Crippen LogP contribution in [0.1, 0.15) is 10.4 Å². The number of nitro benzene ring substituents is 1. The highest BCUT2D eigenvalue weighted by atomic mass is 32.2. The fraction of sp³-hybridized carbons (Fsp3) is 0.462. The van der Waals surface area contributed by atoms with Gasteiger partial charge in [0.05, 0.1) is 4.92 Å². The Morgan fingerprint density at radius 2 is 2.14 bits per heavy atom. The van der Waals surface area contributed by atoms with Crippen LogP contribution in [0.3, 0.4) is 0 Å². The lowest BCUT2D eigenvalue weighted by atomic mass is 10.1. The third-order valence-electron chi connectivity index (χ3n) is 3.32. The van der Waals surface area contributed by atoms with E-state index in [9.17, 15) is 14.9 Å². The first kappa shape index (κ1) is 15.6. The van der Waals surface area contributed by atoms with Gasteiger partial charge in [0.15, 0.2) is 0 Å². The summed E-state index contributed by atoms with van der Waals surface area (Å²) in [7, 11) is 0. The maximum Gasteiger partial charge on any atom is 0.292 e. The fourth-order valence-electron chi connectivity index (χ4n) is 2.16. The standard InChI is InChI=1S/C13H18N4O3S/c14-13(18)10-1-2-12(17(19)20)11(9-10)15-3-4-16-5-7-21-8-6-16/h1-2,9,15H,3-8H2,(H2,14,18). The molecule has 1 aliphatic heterocycles. The van der Waals surface area contributed by atoms with Gasteiger partial charge >= 0.3 is 0 Å². The van der Waals surface area contributed by atoms with Gasteiger partial charge in [-0.1, -0.05) is 0 Å². The molecule has 0 unspecified atom stereocenters. The van der Waals surface area contributed by atoms with E-state index in [1.807, 2.05) is 11.8 Å². The lowest BCUT2D eigenvalue weighted by molar-refractivity contribution is -0.384. The number of anilines is 1. The minimum Gasteiger partial charge on any atom is -0.378 e. The van der Waals surface area contributed by atoms with Crippen molar-refractivity contribution in [2.75, 3.05) is 43.0 Å². The van der Waals surface area contributed by atoms with Gasteiger partial charge < -0.3 is 11.1 Å². The number of rotatable bonds is 6. The number of nitro groups is 1. The van der Waals surface area contributed by atoms with Crippen LogP contribution in [0.2, 0.25) is 0 Å². The third kappa shape index (κ3) is 4.33. The van der Waals surface area contributed by atoms with Crippen molar-refractivity contribution in [3.05, 3.63) is 33.9 Å². The van der Waals surface area contributed by atoms with E-state index in [1.165, 1.54) is 18.2 Å². The molecular formula is C13H18N4O3S. The predicted octanol–water partition coefficient (Wildman–Crippen LogP) is 1.15. The van der Waals surface area contributed by atoms with E-state index in [1.54, 1.807) is 0 Å². The molecule has 2 rings (SSSR count). The Hall–Kier alpha value is -1.80. The van der Waals surface area contributed by atoms with Crippen LogP contribution in [0, 0.1) is 10.1 Å². The monoisotopic (exact) mass is 310 g/mol. The van der Waals surface area contributed by atoms with Crippen molar-refractivity contribution in [3.63, 3.8) is 0 Å². The van der Waals surface area contributed by atoms with Gasteiger partial charge in [-0.2, -0.15) is 11.8 Å². The summed E-state index contributed by atoms with van der Waals surface area (Å²) >= 11 is 1.94. The number of nitrogens with one attached hydrogen (secondary N) is 1. The van der Waals surface area contributed by atoms with Gasteiger partial charge in [0.2, 0.25) is 5.91 Å². The van der Waals surface area contributed by atoms with Crippen LogP contribution in [0.15, 0.2) is 18.2 Å². The van der Waals surface area contributed by atoms with Crippen LogP contribution in [0.5, 0.6) is 0 Å². The number of primary amides is 1. The van der Waals surface area contributed by atoms with Gasteiger partial charge in [-0.3, -0.25) is 19.8 Å². The molecule has 0 aliphatic carbocycles. The van der Waals surface area contributed by atoms with Crippen LogP contribution in [-0.2, 0) is 0 Å². The first-order chi connectivity index (χ1) is 10.1. The molecule has 0 aromatic heterocycles. The van der Waals surface area contributed by atoms with E-state index in [4.69, 9.17) is 5.73 Å². The SMILES string of the molecule is NC(=O)c1ccc([N+](=O)[O-])c(NCCN2CCSCC2)c1. The number of thioether (sulfide) groups is 1. The first-order valence-corrected chi connectivity index (χ1v) is 7.85. The van der Waals surface area contributed by atoms with Crippen LogP contribution in [0.25, 0.3) is 0 Å². The smallest absolute Gasteiger partial charge is 0.292 e. The summed E-state index contributed by atoms with van der Waals surface area (Å²) in [5.74, 6) is 1.65. The largest absolute Gasteiger partial charge is 0.378 e. The minimum atomic E-state index is -0.596. The highest BCUT2D eigenvalue weighted by Crippen LogP contribution is 2.25. The molecule has 1 aromatic carbocycles. The zero-order valence-electron chi connectivity index (χ0n) is 11.6. The molecule has 1 heterocycles. The van der Waals surface area contributed by atoms with Crippen LogP contribution in [-0.4, -0.2) is 53.4 Å². The Kier molecular flexibility index (Phi) is 5.40. The summed E-state index contributed by atoms with van der Waals surface area (Å²) in [6, 6.07) is 4.11. The summed E-state index contributed by atoms with van der Waals surface area (Å²) in [6.07, 6.45) is 0. The number of hydrogen-bond donors (Lipinski definition) is 2. The van der Waals surface area contributed by atoms with Crippen molar-refractivity contribution in [2.24, 2.45) is 5.73 Å². The summed E-state index contributed by atoms with van der Waals surface area (Å²) in [5.41, 5.74) is 5.76. The number of carbonyl (C=O) groups excluding carboxylic acids is 1. The Morgan fingerprint density at radius 1 is 1.43 bits per heavy atom. The van der Waals surface area contributed by atoms with E-state index in [0.29, 0.717) is 12.2 Å². The van der Waals surface area contributed by atoms with Crippen LogP contribution >= 0.6 is 11.8 Å². The average Bonchev–Trinajstić information content (AvgIpc) is 2.48. The van der Waals surface area contributed by atoms with E-state index in [0.717, 1.165) is 31.1 Å². The lowest BCUT2D eigenvalue weighted by Gasteiger charge is -2.26. The summed E-state index contributed by atoms with van der Waals surface area (Å²) in [5, 5.41) is 14.0. The molecule has 1 aliphatic rings. The van der Waals surface area contributed by atoms with Gasteiger partial charge in [-0.05, 0) is 12.1 Å². The molecule has 0 bridgehead atoms. The van der Waals surface area contributed by atoms with Crippen molar-refractivity contribution in [2.45, 2.75) is 0 Å². The third-order valence-corrected chi connectivity index (χ3v) is 4.27. The Labute approximate surface area is 127 Å². The van der Waals surface area contributed by atoms with Crippen LogP contribution < -0.4 is 11.1 Å². The molecule has 0 atom stereocenters. The van der Waals surface area contributed by atoms with Crippen molar-refractivity contribution in [1.82, 2.24) is 4.90 Å². The maximum atomic E-state index is 11.2. The second-order valence-corrected chi connectivity index (χ2v) is 5.96. The Balaban J connectivity index is 2.00. The number of benzene rings is 1. The van der Waals surface area contributed by atoms with Gasteiger partial charge in [0, 0.05) is 49.3 Å². The minimum absolute atomic E-state index is 0.0470. The number of nitrogens with two attached hydrogens (primary N) is 1. The number of hydrogen-bond acceptors (Lipinski definition) is 6. The number of carbonyl (C=O) groups is 1. The molecule has 7 nitrogen and oxygen atoms in total. The molecule has 21 heavy (non-hydrogen) atoms. The Bertz CT molecular complexity index is 532. The van der Waals surface area contributed by atoms with E-state index in [2.05, 4.69) is 10.2 Å². The average molecular weight is 310 g/mol. The normalized spacial score (nSPS) is 15.6. The second-order valence-electron chi connectivity index (χ2n) is 4.73. The molecule has 1 fully saturated rings. The fourth-order valence-corrected chi connectivity index (χ4v) is 3.14. The zero-order chi connectivity index (χ0) is 15.2. The second kappa shape index (κ2) is 7.28. The van der Waals surface area contributed by atoms with Gasteiger partial charge in [0.25, 0.3) is 5.69 Å². The van der Waals surface area contributed by atoms with Crippen molar-refractivity contribution in [1.29, 1.82) is 0 Å². The predicted molar refractivity (Wildman–Crippen MR) is 83.9 cm³/mol. The first-order valence-electron chi connectivity index (χ1n) is 6.70. The molecule has 0 radical (unpaired) electrons. The van der Waals surface area contributed by atoms with E-state index < -0.39 is 10.8 Å². The highest BCUT2D eigenvalue weighted by molar-refractivity contribution is 7.99. The molecule has 3 N–H and O–H groups in total. The van der Waals surface area contributed by atoms with Crippen molar-refractivity contribution >= 4 is 29.0 Å².